The van der Waals surface area contributed by atoms with Crippen LogP contribution in [0, 0.1) is 17.3 Å². The fourth-order valence-corrected chi connectivity index (χ4v) is 8.59. The van der Waals surface area contributed by atoms with Crippen molar-refractivity contribution in [3.05, 3.63) is 65.9 Å². The number of ether oxygens (including phenoxy) is 1. The first-order chi connectivity index (χ1) is 37.0. The highest BCUT2D eigenvalue weighted by molar-refractivity contribution is 6.07. The second-order valence-corrected chi connectivity index (χ2v) is 18.4. The van der Waals surface area contributed by atoms with Gasteiger partial charge < -0.3 is 51.5 Å². The van der Waals surface area contributed by atoms with E-state index < -0.39 is 72.0 Å². The van der Waals surface area contributed by atoms with Crippen molar-refractivity contribution >= 4 is 64.3 Å². The van der Waals surface area contributed by atoms with E-state index in [1.807, 2.05) is 0 Å². The smallest absolute Gasteiger partial charge is 0.317 e. The Balaban J connectivity index is 1.14. The number of unbranched alkanes of at least 4 members (excludes halogenated alkanes) is 1. The molecule has 0 radical (unpaired) electrons. The van der Waals surface area contributed by atoms with Crippen LogP contribution in [0.15, 0.2) is 48.8 Å². The van der Waals surface area contributed by atoms with E-state index in [2.05, 4.69) is 42.6 Å². The zero-order chi connectivity index (χ0) is 55.7. The molecular weight excluding hydrogens is 1010 g/mol. The van der Waals surface area contributed by atoms with Crippen LogP contribution in [0.2, 0.25) is 0 Å². The third kappa shape index (κ3) is 21.0. The summed E-state index contributed by atoms with van der Waals surface area (Å²) in [4.78, 5) is 130. The molecule has 416 valence electrons. The SMILES string of the molecule is N#C[C@@H]1CCCN1C(=O)CNC(=O)c1ccnc2ccc(OCCCNC(=O)CNC(=O)[C@H](CCCCNC(=O)c3ccc(F)nc3)NC(=O)CN3CCN(CC(=O)O)CCN(CC(=O)O)CCN(CC(=O)O)CC3)cc12. The number of pyridine rings is 2. The molecule has 2 fully saturated rings. The standard InChI is InChI=1S/C50H66FN13O13/c51-41-10-7-34(27-56-41)48(74)55-12-2-1-6-40(59-43(66)30-60-16-18-61(31-45(68)69)20-22-63(33-47(72)73)23-21-62(19-17-60)32-46(70)71)50(76)57-28-42(65)54-13-4-24-77-36-8-9-39-38(25-36)37(11-14-53-39)49(75)58-29-44(67)64-15-3-5-35(64)26-52/h7-11,14,25,27,35,40H,1-6,12-13,15-24,28-33H2,(H,54,65)(H,55,74)(H,57,76)(H,58,75)(H,59,66)(H,68,69)(H,70,71)(H,72,73)/t35-,40-/m0/s1. The number of aromatic nitrogens is 2. The third-order valence-electron chi connectivity index (χ3n) is 12.6. The summed E-state index contributed by atoms with van der Waals surface area (Å²) in [7, 11) is 0. The minimum atomic E-state index is -1.15. The number of fused-ring (bicyclic) bond motifs is 1. The molecule has 2 aromatic heterocycles. The van der Waals surface area contributed by atoms with Crippen molar-refractivity contribution in [3.63, 3.8) is 0 Å². The highest BCUT2D eigenvalue weighted by Gasteiger charge is 2.29. The Kier molecular flexibility index (Phi) is 24.3. The van der Waals surface area contributed by atoms with Crippen LogP contribution in [0.3, 0.4) is 0 Å². The maximum atomic E-state index is 13.8. The predicted molar refractivity (Wildman–Crippen MR) is 272 cm³/mol. The maximum Gasteiger partial charge on any atom is 0.317 e. The number of halogens is 1. The third-order valence-corrected chi connectivity index (χ3v) is 12.6. The predicted octanol–water partition coefficient (Wildman–Crippen LogP) is -1.42. The molecule has 77 heavy (non-hydrogen) atoms. The highest BCUT2D eigenvalue weighted by Crippen LogP contribution is 2.23. The second-order valence-electron chi connectivity index (χ2n) is 18.4. The molecule has 0 spiro atoms. The average molecular weight is 1080 g/mol. The number of amides is 6. The van der Waals surface area contributed by atoms with Crippen LogP contribution in [0.5, 0.6) is 5.75 Å². The zero-order valence-electron chi connectivity index (χ0n) is 42.6. The molecule has 0 saturated carbocycles. The minimum absolute atomic E-state index is 0.0786. The lowest BCUT2D eigenvalue weighted by Gasteiger charge is -2.33. The van der Waals surface area contributed by atoms with Gasteiger partial charge in [0, 0.05) is 89.8 Å². The topological polar surface area (TPSA) is 349 Å². The van der Waals surface area contributed by atoms with Crippen molar-refractivity contribution < 1.29 is 67.6 Å². The van der Waals surface area contributed by atoms with Crippen LogP contribution in [-0.2, 0) is 33.6 Å². The average Bonchev–Trinajstić information content (AvgIpc) is 3.89. The van der Waals surface area contributed by atoms with Crippen molar-refractivity contribution in [1.82, 2.24) is 61.1 Å². The molecule has 0 aliphatic carbocycles. The van der Waals surface area contributed by atoms with Gasteiger partial charge in [-0.1, -0.05) is 0 Å². The number of likely N-dealkylation sites (tertiary alicyclic amines) is 1. The summed E-state index contributed by atoms with van der Waals surface area (Å²) in [5.74, 6) is -6.80. The molecule has 8 N–H and O–H groups in total. The summed E-state index contributed by atoms with van der Waals surface area (Å²) in [6, 6.07) is 9.28. The number of nitrogens with zero attached hydrogens (tertiary/aromatic N) is 8. The summed E-state index contributed by atoms with van der Waals surface area (Å²) in [5, 5.41) is 51.8. The van der Waals surface area contributed by atoms with Crippen LogP contribution in [0.1, 0.15) is 59.2 Å². The van der Waals surface area contributed by atoms with Gasteiger partial charge in [-0.25, -0.2) is 4.98 Å². The summed E-state index contributed by atoms with van der Waals surface area (Å²) < 4.78 is 19.2. The molecule has 2 aliphatic rings. The molecule has 26 nitrogen and oxygen atoms in total. The number of benzene rings is 1. The molecular formula is C50H66FN13O13. The normalized spacial score (nSPS) is 16.4. The maximum absolute atomic E-state index is 13.8. The summed E-state index contributed by atoms with van der Waals surface area (Å²) >= 11 is 0. The Morgan fingerprint density at radius 2 is 1.31 bits per heavy atom. The minimum Gasteiger partial charge on any atom is -0.494 e. The van der Waals surface area contributed by atoms with E-state index in [-0.39, 0.29) is 128 Å². The first-order valence-electron chi connectivity index (χ1n) is 25.2. The van der Waals surface area contributed by atoms with Gasteiger partial charge in [0.15, 0.2) is 0 Å². The van der Waals surface area contributed by atoms with Crippen LogP contribution < -0.4 is 31.3 Å². The van der Waals surface area contributed by atoms with Crippen molar-refractivity contribution in [2.75, 3.05) is 118 Å². The number of hydrogen-bond acceptors (Lipinski definition) is 17. The number of carboxylic acids is 3. The fraction of sp³-hybridized carbons (Fsp3) is 0.520. The van der Waals surface area contributed by atoms with E-state index in [1.165, 1.54) is 23.2 Å². The van der Waals surface area contributed by atoms with Crippen molar-refractivity contribution in [2.45, 2.75) is 50.6 Å². The molecule has 3 aromatic rings. The first kappa shape index (κ1) is 59.9. The zero-order valence-corrected chi connectivity index (χ0v) is 42.6. The number of nitriles is 1. The van der Waals surface area contributed by atoms with Crippen LogP contribution in [-0.4, -0.2) is 233 Å². The van der Waals surface area contributed by atoms with Gasteiger partial charge in [0.1, 0.15) is 17.8 Å². The van der Waals surface area contributed by atoms with Gasteiger partial charge in [-0.15, -0.1) is 0 Å². The molecule has 27 heteroatoms. The Bertz CT molecular complexity index is 2560. The summed E-state index contributed by atoms with van der Waals surface area (Å²) in [6.45, 7) is 0.216. The van der Waals surface area contributed by atoms with Gasteiger partial charge in [0.05, 0.1) is 68.6 Å². The van der Waals surface area contributed by atoms with Gasteiger partial charge in [-0.3, -0.25) is 67.7 Å². The molecule has 5 rings (SSSR count). The molecule has 0 bridgehead atoms. The number of aliphatic carboxylic acids is 3. The highest BCUT2D eigenvalue weighted by atomic mass is 19.1. The number of hydrogen-bond donors (Lipinski definition) is 8. The molecule has 2 aliphatic heterocycles. The molecule has 0 unspecified atom stereocenters. The van der Waals surface area contributed by atoms with Crippen LogP contribution >= 0.6 is 0 Å². The van der Waals surface area contributed by atoms with Gasteiger partial charge >= 0.3 is 17.9 Å². The van der Waals surface area contributed by atoms with E-state index in [4.69, 9.17) is 4.74 Å². The quantitative estimate of drug-likeness (QED) is 0.0338. The molecule has 6 amide bonds. The first-order valence-corrected chi connectivity index (χ1v) is 25.2. The Morgan fingerprint density at radius 3 is 1.91 bits per heavy atom. The van der Waals surface area contributed by atoms with Gasteiger partial charge in [-0.05, 0) is 74.9 Å². The monoisotopic (exact) mass is 1080 g/mol. The lowest BCUT2D eigenvalue weighted by Crippen LogP contribution is -2.53. The summed E-state index contributed by atoms with van der Waals surface area (Å²) in [6.07, 6.45) is 4.96. The molecule has 4 heterocycles. The van der Waals surface area contributed by atoms with Crippen LogP contribution in [0.4, 0.5) is 4.39 Å². The second kappa shape index (κ2) is 31.2. The van der Waals surface area contributed by atoms with E-state index in [0.29, 0.717) is 55.3 Å². The fourth-order valence-electron chi connectivity index (χ4n) is 8.59. The number of carbonyl (C=O) groups excluding carboxylic acids is 6. The largest absolute Gasteiger partial charge is 0.494 e. The van der Waals surface area contributed by atoms with Gasteiger partial charge in [0.25, 0.3) is 11.8 Å². The van der Waals surface area contributed by atoms with Crippen molar-refractivity contribution in [2.24, 2.45) is 0 Å². The van der Waals surface area contributed by atoms with E-state index in [0.717, 1.165) is 12.3 Å². The van der Waals surface area contributed by atoms with Gasteiger partial charge in [-0.2, -0.15) is 9.65 Å². The number of carbonyl (C=O) groups is 9. The van der Waals surface area contributed by atoms with Crippen LogP contribution in [0.25, 0.3) is 10.9 Å². The van der Waals surface area contributed by atoms with E-state index >= 15 is 0 Å². The van der Waals surface area contributed by atoms with E-state index in [9.17, 15) is 68.1 Å². The number of rotatable bonds is 26. The Labute approximate surface area is 443 Å². The molecule has 2 atom stereocenters. The lowest BCUT2D eigenvalue weighted by atomic mass is 10.1. The van der Waals surface area contributed by atoms with Crippen molar-refractivity contribution in [1.29, 1.82) is 5.26 Å². The molecule has 2 saturated heterocycles. The van der Waals surface area contributed by atoms with E-state index in [1.54, 1.807) is 37.8 Å². The molecule has 1 aromatic carbocycles. The van der Waals surface area contributed by atoms with Gasteiger partial charge in [0.2, 0.25) is 29.6 Å². The lowest BCUT2D eigenvalue weighted by molar-refractivity contribution is -0.140. The summed E-state index contributed by atoms with van der Waals surface area (Å²) in [5.41, 5.74) is 0.920. The van der Waals surface area contributed by atoms with Crippen molar-refractivity contribution in [3.8, 4) is 11.8 Å². The Hall–Kier alpha value is -7.93. The number of carboxylic acid groups (broad SMARTS) is 3. The Morgan fingerprint density at radius 1 is 0.688 bits per heavy atom. The number of nitrogens with one attached hydrogen (secondary N) is 5.